The van der Waals surface area contributed by atoms with E-state index in [0.717, 1.165) is 27.7 Å². The maximum absolute atomic E-state index is 13.5. The summed E-state index contributed by atoms with van der Waals surface area (Å²) in [6, 6.07) is 5.76. The lowest BCUT2D eigenvalue weighted by Gasteiger charge is -2.33. The van der Waals surface area contributed by atoms with E-state index in [1.807, 2.05) is 41.5 Å². The Bertz CT molecular complexity index is 937. The van der Waals surface area contributed by atoms with Gasteiger partial charge in [0.25, 0.3) is 5.92 Å². The standard InChI is InChI=1S/C18H21F2N5/c1-11-9-13(12(2)21)16-15(10-11)25-14(3-6-22-25)17(23-16)24-7-4-18(19,20)5-8-24/h3,6,9-10,12H,4-5,7-8,21H2,1-2H3/t12-/m1/s1. The lowest BCUT2D eigenvalue weighted by atomic mass is 10.0. The van der Waals surface area contributed by atoms with Crippen LogP contribution in [0.2, 0.25) is 0 Å². The minimum Gasteiger partial charge on any atom is -0.354 e. The van der Waals surface area contributed by atoms with Crippen LogP contribution in [0.25, 0.3) is 16.6 Å². The summed E-state index contributed by atoms with van der Waals surface area (Å²) in [4.78, 5) is 6.78. The molecule has 1 aliphatic rings. The Balaban J connectivity index is 1.94. The van der Waals surface area contributed by atoms with Crippen molar-refractivity contribution in [3.05, 3.63) is 35.5 Å². The van der Waals surface area contributed by atoms with Crippen molar-refractivity contribution in [1.29, 1.82) is 0 Å². The Kier molecular flexibility index (Phi) is 3.64. The van der Waals surface area contributed by atoms with Crippen LogP contribution < -0.4 is 10.6 Å². The van der Waals surface area contributed by atoms with E-state index in [-0.39, 0.29) is 32.0 Å². The molecule has 0 spiro atoms. The summed E-state index contributed by atoms with van der Waals surface area (Å²) < 4.78 is 28.9. The first-order chi connectivity index (χ1) is 11.9. The normalized spacial score (nSPS) is 18.8. The number of hydrogen-bond donors (Lipinski definition) is 1. The van der Waals surface area contributed by atoms with Gasteiger partial charge >= 0.3 is 0 Å². The highest BCUT2D eigenvalue weighted by molar-refractivity contribution is 5.87. The van der Waals surface area contributed by atoms with Crippen LogP contribution in [0.3, 0.4) is 0 Å². The van der Waals surface area contributed by atoms with Crippen molar-refractivity contribution in [2.24, 2.45) is 5.73 Å². The van der Waals surface area contributed by atoms with Gasteiger partial charge in [-0.1, -0.05) is 6.07 Å². The van der Waals surface area contributed by atoms with Gasteiger partial charge in [0.1, 0.15) is 5.52 Å². The van der Waals surface area contributed by atoms with Gasteiger partial charge in [-0.3, -0.25) is 0 Å². The maximum Gasteiger partial charge on any atom is 0.251 e. The summed E-state index contributed by atoms with van der Waals surface area (Å²) in [5.41, 5.74) is 10.7. The largest absolute Gasteiger partial charge is 0.354 e. The molecule has 0 radical (unpaired) electrons. The highest BCUT2D eigenvalue weighted by Crippen LogP contribution is 2.34. The van der Waals surface area contributed by atoms with Crippen molar-refractivity contribution in [3.63, 3.8) is 0 Å². The molecule has 7 heteroatoms. The van der Waals surface area contributed by atoms with Crippen LogP contribution >= 0.6 is 0 Å². The van der Waals surface area contributed by atoms with Gasteiger partial charge in [-0.05, 0) is 37.1 Å². The third kappa shape index (κ3) is 2.72. The molecular weight excluding hydrogens is 324 g/mol. The van der Waals surface area contributed by atoms with E-state index < -0.39 is 5.92 Å². The van der Waals surface area contributed by atoms with E-state index in [1.165, 1.54) is 0 Å². The summed E-state index contributed by atoms with van der Waals surface area (Å²) in [5.74, 6) is -1.89. The first kappa shape index (κ1) is 16.2. The third-order valence-corrected chi connectivity index (χ3v) is 4.87. The molecule has 2 N–H and O–H groups in total. The topological polar surface area (TPSA) is 59.5 Å². The summed E-state index contributed by atoms with van der Waals surface area (Å²) >= 11 is 0. The molecule has 0 aliphatic carbocycles. The maximum atomic E-state index is 13.5. The molecule has 5 nitrogen and oxygen atoms in total. The third-order valence-electron chi connectivity index (χ3n) is 4.87. The van der Waals surface area contributed by atoms with Gasteiger partial charge < -0.3 is 10.6 Å². The predicted octanol–water partition coefficient (Wildman–Crippen LogP) is 3.45. The lowest BCUT2D eigenvalue weighted by Crippen LogP contribution is -2.40. The molecule has 3 heterocycles. The number of aromatic nitrogens is 3. The molecular formula is C18H21F2N5. The van der Waals surface area contributed by atoms with Crippen molar-refractivity contribution in [2.45, 2.75) is 38.7 Å². The molecule has 0 saturated carbocycles. The molecule has 25 heavy (non-hydrogen) atoms. The number of rotatable bonds is 2. The smallest absolute Gasteiger partial charge is 0.251 e. The van der Waals surface area contributed by atoms with Crippen molar-refractivity contribution >= 4 is 22.4 Å². The monoisotopic (exact) mass is 345 g/mol. The molecule has 1 aromatic carbocycles. The number of aryl methyl sites for hydroxylation is 1. The second kappa shape index (κ2) is 5.62. The molecule has 1 aliphatic heterocycles. The first-order valence-corrected chi connectivity index (χ1v) is 8.52. The number of piperidine rings is 1. The minimum absolute atomic E-state index is 0.152. The van der Waals surface area contributed by atoms with Gasteiger partial charge in [0.05, 0.1) is 17.2 Å². The second-order valence-corrected chi connectivity index (χ2v) is 6.92. The van der Waals surface area contributed by atoms with Gasteiger partial charge in [-0.25, -0.2) is 18.3 Å². The average molecular weight is 345 g/mol. The van der Waals surface area contributed by atoms with Crippen LogP contribution in [-0.2, 0) is 0 Å². The molecule has 132 valence electrons. The van der Waals surface area contributed by atoms with E-state index >= 15 is 0 Å². The van der Waals surface area contributed by atoms with Crippen LogP contribution in [0, 0.1) is 6.92 Å². The molecule has 1 fully saturated rings. The van der Waals surface area contributed by atoms with Crippen LogP contribution in [-0.4, -0.2) is 33.6 Å². The van der Waals surface area contributed by atoms with Crippen LogP contribution in [0.1, 0.15) is 36.9 Å². The summed E-state index contributed by atoms with van der Waals surface area (Å²) in [5, 5.41) is 4.43. The quantitative estimate of drug-likeness (QED) is 0.773. The number of nitrogens with two attached hydrogens (primary N) is 1. The fourth-order valence-corrected chi connectivity index (χ4v) is 3.52. The van der Waals surface area contributed by atoms with Crippen LogP contribution in [0.5, 0.6) is 0 Å². The van der Waals surface area contributed by atoms with Gasteiger partial charge in [0.2, 0.25) is 0 Å². The second-order valence-electron chi connectivity index (χ2n) is 6.92. The SMILES string of the molecule is Cc1cc([C@@H](C)N)c2nc(N3CCC(F)(F)CC3)c3ccnn3c2c1. The Morgan fingerprint density at radius 3 is 2.60 bits per heavy atom. The zero-order valence-electron chi connectivity index (χ0n) is 14.3. The number of halogens is 2. The van der Waals surface area contributed by atoms with Crippen molar-refractivity contribution in [2.75, 3.05) is 18.0 Å². The van der Waals surface area contributed by atoms with Gasteiger partial charge in [0, 0.05) is 32.0 Å². The Morgan fingerprint density at radius 1 is 1.20 bits per heavy atom. The molecule has 1 saturated heterocycles. The Labute approximate surface area is 144 Å². The predicted molar refractivity (Wildman–Crippen MR) is 94.2 cm³/mol. The van der Waals surface area contributed by atoms with Gasteiger partial charge in [-0.15, -0.1) is 0 Å². The number of hydrogen-bond acceptors (Lipinski definition) is 4. The van der Waals surface area contributed by atoms with Gasteiger partial charge in [-0.2, -0.15) is 5.10 Å². The number of fused-ring (bicyclic) bond motifs is 3. The van der Waals surface area contributed by atoms with Gasteiger partial charge in [0.15, 0.2) is 5.82 Å². The van der Waals surface area contributed by atoms with Crippen LogP contribution in [0.15, 0.2) is 24.4 Å². The fraction of sp³-hybridized carbons (Fsp3) is 0.444. The minimum atomic E-state index is -2.59. The molecule has 0 unspecified atom stereocenters. The molecule has 3 aromatic rings. The van der Waals surface area contributed by atoms with E-state index in [9.17, 15) is 8.78 Å². The molecule has 0 bridgehead atoms. The molecule has 0 amide bonds. The summed E-state index contributed by atoms with van der Waals surface area (Å²) in [6.07, 6.45) is 1.41. The zero-order chi connectivity index (χ0) is 17.8. The fourth-order valence-electron chi connectivity index (χ4n) is 3.52. The van der Waals surface area contributed by atoms with E-state index in [2.05, 4.69) is 5.10 Å². The molecule has 2 aromatic heterocycles. The van der Waals surface area contributed by atoms with Crippen LogP contribution in [0.4, 0.5) is 14.6 Å². The van der Waals surface area contributed by atoms with E-state index in [0.29, 0.717) is 5.82 Å². The molecule has 4 rings (SSSR count). The van der Waals surface area contributed by atoms with E-state index in [4.69, 9.17) is 10.7 Å². The summed E-state index contributed by atoms with van der Waals surface area (Å²) in [6.45, 7) is 4.50. The van der Waals surface area contributed by atoms with E-state index in [1.54, 1.807) is 6.20 Å². The Morgan fingerprint density at radius 2 is 1.92 bits per heavy atom. The highest BCUT2D eigenvalue weighted by Gasteiger charge is 2.35. The number of nitrogens with zero attached hydrogens (tertiary/aromatic N) is 4. The Hall–Kier alpha value is -2.28. The molecule has 1 atom stereocenters. The number of benzene rings is 1. The van der Waals surface area contributed by atoms with Crippen molar-refractivity contribution in [1.82, 2.24) is 14.6 Å². The summed E-state index contributed by atoms with van der Waals surface area (Å²) in [7, 11) is 0. The lowest BCUT2D eigenvalue weighted by molar-refractivity contribution is -0.0221. The number of anilines is 1. The first-order valence-electron chi connectivity index (χ1n) is 8.52. The average Bonchev–Trinajstić information content (AvgIpc) is 3.03. The number of alkyl halides is 2. The highest BCUT2D eigenvalue weighted by atomic mass is 19.3. The van der Waals surface area contributed by atoms with Crippen molar-refractivity contribution in [3.8, 4) is 0 Å². The van der Waals surface area contributed by atoms with Crippen molar-refractivity contribution < 1.29 is 8.78 Å². The zero-order valence-corrected chi connectivity index (χ0v) is 14.3.